The van der Waals surface area contributed by atoms with Gasteiger partial charge in [-0.15, -0.1) is 0 Å². The lowest BCUT2D eigenvalue weighted by Gasteiger charge is -2.07. The number of benzene rings is 1. The van der Waals surface area contributed by atoms with Crippen LogP contribution in [0.25, 0.3) is 0 Å². The minimum atomic E-state index is -0.442. The van der Waals surface area contributed by atoms with E-state index >= 15 is 0 Å². The van der Waals surface area contributed by atoms with Crippen LogP contribution in [-0.4, -0.2) is 10.9 Å². The number of nitrogens with zero attached hydrogens (tertiary/aromatic N) is 1. The highest BCUT2D eigenvalue weighted by molar-refractivity contribution is 6.30. The van der Waals surface area contributed by atoms with Crippen molar-refractivity contribution in [3.8, 4) is 0 Å². The van der Waals surface area contributed by atoms with Gasteiger partial charge in [0.2, 0.25) is 5.91 Å². The second-order valence-corrected chi connectivity index (χ2v) is 6.33. The molecular weight excluding hydrogens is 315 g/mol. The number of aromatic nitrogens is 1. The molecule has 0 bridgehead atoms. The minimum absolute atomic E-state index is 0.0396. The van der Waals surface area contributed by atoms with Gasteiger partial charge in [-0.3, -0.25) is 9.78 Å². The Balaban J connectivity index is 1.47. The molecule has 1 N–H and O–H groups in total. The van der Waals surface area contributed by atoms with Crippen LogP contribution in [0, 0.1) is 5.82 Å². The smallest absolute Gasteiger partial charge is 0.220 e. The SMILES string of the molecule is O=C(CCc1ccc(F)c(Cl)c1)NCc1cncc(C2CC2)c1. The molecule has 0 atom stereocenters. The number of carbonyl (C=O) groups excluding carboxylic acids is 1. The second kappa shape index (κ2) is 7.09. The Labute approximate surface area is 139 Å². The summed E-state index contributed by atoms with van der Waals surface area (Å²) in [5.74, 6) is 0.173. The highest BCUT2D eigenvalue weighted by Crippen LogP contribution is 2.39. The molecule has 3 nitrogen and oxygen atoms in total. The summed E-state index contributed by atoms with van der Waals surface area (Å²) in [6, 6.07) is 6.65. The number of hydrogen-bond donors (Lipinski definition) is 1. The molecule has 2 aromatic rings. The number of aryl methyl sites for hydroxylation is 1. The Morgan fingerprint density at radius 2 is 2.09 bits per heavy atom. The Kier molecular flexibility index (Phi) is 4.91. The van der Waals surface area contributed by atoms with Crippen molar-refractivity contribution < 1.29 is 9.18 Å². The molecule has 1 aromatic carbocycles. The van der Waals surface area contributed by atoms with Crippen LogP contribution >= 0.6 is 11.6 Å². The van der Waals surface area contributed by atoms with E-state index < -0.39 is 5.82 Å². The van der Waals surface area contributed by atoms with Crippen LogP contribution < -0.4 is 5.32 Å². The quantitative estimate of drug-likeness (QED) is 0.868. The normalized spacial score (nSPS) is 13.8. The maximum atomic E-state index is 13.1. The van der Waals surface area contributed by atoms with Crippen LogP contribution in [0.4, 0.5) is 4.39 Å². The van der Waals surface area contributed by atoms with Gasteiger partial charge in [-0.25, -0.2) is 4.39 Å². The van der Waals surface area contributed by atoms with E-state index in [-0.39, 0.29) is 10.9 Å². The van der Waals surface area contributed by atoms with Gasteiger partial charge in [0.25, 0.3) is 0 Å². The standard InChI is InChI=1S/C18H18ClFN2O/c19-16-8-12(1-5-17(16)20)2-6-18(23)22-10-13-7-15(11-21-9-13)14-3-4-14/h1,5,7-9,11,14H,2-4,6,10H2,(H,22,23). The zero-order valence-electron chi connectivity index (χ0n) is 12.7. The lowest BCUT2D eigenvalue weighted by molar-refractivity contribution is -0.121. The third-order valence-electron chi connectivity index (χ3n) is 3.98. The number of nitrogens with one attached hydrogen (secondary N) is 1. The molecule has 0 saturated heterocycles. The summed E-state index contributed by atoms with van der Waals surface area (Å²) >= 11 is 5.73. The second-order valence-electron chi connectivity index (χ2n) is 5.93. The highest BCUT2D eigenvalue weighted by Gasteiger charge is 2.23. The first-order chi connectivity index (χ1) is 11.1. The topological polar surface area (TPSA) is 42.0 Å². The van der Waals surface area contributed by atoms with Gasteiger partial charge in [0.15, 0.2) is 0 Å². The zero-order valence-corrected chi connectivity index (χ0v) is 13.4. The van der Waals surface area contributed by atoms with Gasteiger partial charge in [-0.1, -0.05) is 23.7 Å². The number of halogens is 2. The van der Waals surface area contributed by atoms with Crippen LogP contribution in [0.5, 0.6) is 0 Å². The van der Waals surface area contributed by atoms with E-state index in [2.05, 4.69) is 16.4 Å². The Morgan fingerprint density at radius 3 is 2.83 bits per heavy atom. The summed E-state index contributed by atoms with van der Waals surface area (Å²) in [5, 5.41) is 2.98. The molecule has 0 radical (unpaired) electrons. The number of amides is 1. The average molecular weight is 333 g/mol. The number of carbonyl (C=O) groups is 1. The van der Waals surface area contributed by atoms with Crippen molar-refractivity contribution in [2.75, 3.05) is 0 Å². The molecule has 5 heteroatoms. The predicted octanol–water partition coefficient (Wildman–Crippen LogP) is 4.00. The van der Waals surface area contributed by atoms with Crippen molar-refractivity contribution in [2.45, 2.75) is 38.1 Å². The first-order valence-corrected chi connectivity index (χ1v) is 8.14. The molecule has 120 valence electrons. The molecule has 3 rings (SSSR count). The van der Waals surface area contributed by atoms with Crippen LogP contribution in [0.3, 0.4) is 0 Å². The number of rotatable bonds is 6. The largest absolute Gasteiger partial charge is 0.352 e. The summed E-state index contributed by atoms with van der Waals surface area (Å²) in [4.78, 5) is 16.2. The van der Waals surface area contributed by atoms with Gasteiger partial charge >= 0.3 is 0 Å². The molecule has 1 aliphatic rings. The molecule has 23 heavy (non-hydrogen) atoms. The first kappa shape index (κ1) is 15.9. The van der Waals surface area contributed by atoms with Crippen molar-refractivity contribution in [1.82, 2.24) is 10.3 Å². The van der Waals surface area contributed by atoms with Crippen molar-refractivity contribution in [2.24, 2.45) is 0 Å². The summed E-state index contributed by atoms with van der Waals surface area (Å²) in [6.45, 7) is 0.483. The van der Waals surface area contributed by atoms with E-state index in [0.29, 0.717) is 25.3 Å². The maximum Gasteiger partial charge on any atom is 0.220 e. The summed E-state index contributed by atoms with van der Waals surface area (Å²) in [7, 11) is 0. The average Bonchev–Trinajstić information content (AvgIpc) is 3.39. The zero-order chi connectivity index (χ0) is 16.2. The lowest BCUT2D eigenvalue weighted by atomic mass is 10.1. The molecule has 1 heterocycles. The van der Waals surface area contributed by atoms with Crippen LogP contribution in [0.1, 0.15) is 41.9 Å². The van der Waals surface area contributed by atoms with E-state index in [4.69, 9.17) is 11.6 Å². The summed E-state index contributed by atoms with van der Waals surface area (Å²) in [6.07, 6.45) is 7.03. The first-order valence-electron chi connectivity index (χ1n) is 7.76. The van der Waals surface area contributed by atoms with Crippen LogP contribution in [0.15, 0.2) is 36.7 Å². The van der Waals surface area contributed by atoms with Crippen molar-refractivity contribution in [1.29, 1.82) is 0 Å². The van der Waals surface area contributed by atoms with Gasteiger partial charge in [-0.2, -0.15) is 0 Å². The van der Waals surface area contributed by atoms with Gasteiger partial charge in [0.1, 0.15) is 5.82 Å². The van der Waals surface area contributed by atoms with Crippen molar-refractivity contribution >= 4 is 17.5 Å². The maximum absolute atomic E-state index is 13.1. The number of pyridine rings is 1. The van der Waals surface area contributed by atoms with Gasteiger partial charge in [-0.05, 0) is 54.0 Å². The fourth-order valence-corrected chi connectivity index (χ4v) is 2.69. The van der Waals surface area contributed by atoms with Crippen LogP contribution in [0.2, 0.25) is 5.02 Å². The molecular formula is C18H18ClFN2O. The molecule has 0 spiro atoms. The van der Waals surface area contributed by atoms with Gasteiger partial charge in [0, 0.05) is 25.4 Å². The van der Waals surface area contributed by atoms with E-state index in [1.165, 1.54) is 24.5 Å². The Hall–Kier alpha value is -1.94. The molecule has 1 aromatic heterocycles. The Bertz CT molecular complexity index is 716. The molecule has 0 unspecified atom stereocenters. The van der Waals surface area contributed by atoms with Crippen molar-refractivity contribution in [3.05, 3.63) is 64.2 Å². The fourth-order valence-electron chi connectivity index (χ4n) is 2.49. The monoisotopic (exact) mass is 332 g/mol. The third-order valence-corrected chi connectivity index (χ3v) is 4.27. The molecule has 1 fully saturated rings. The molecule has 1 aliphatic carbocycles. The Morgan fingerprint density at radius 1 is 1.26 bits per heavy atom. The predicted molar refractivity (Wildman–Crippen MR) is 87.8 cm³/mol. The highest BCUT2D eigenvalue weighted by atomic mass is 35.5. The molecule has 1 amide bonds. The summed E-state index contributed by atoms with van der Waals surface area (Å²) < 4.78 is 13.1. The molecule has 1 saturated carbocycles. The molecule has 0 aliphatic heterocycles. The summed E-state index contributed by atoms with van der Waals surface area (Å²) in [5.41, 5.74) is 3.13. The van der Waals surface area contributed by atoms with E-state index in [9.17, 15) is 9.18 Å². The van der Waals surface area contributed by atoms with Crippen LogP contribution in [-0.2, 0) is 17.8 Å². The lowest BCUT2D eigenvalue weighted by Crippen LogP contribution is -2.23. The van der Waals surface area contributed by atoms with E-state index in [1.54, 1.807) is 18.3 Å². The number of hydrogen-bond acceptors (Lipinski definition) is 2. The fraction of sp³-hybridized carbons (Fsp3) is 0.333. The van der Waals surface area contributed by atoms with Crippen molar-refractivity contribution in [3.63, 3.8) is 0 Å². The van der Waals surface area contributed by atoms with E-state index in [0.717, 1.165) is 11.1 Å². The van der Waals surface area contributed by atoms with E-state index in [1.807, 2.05) is 6.20 Å². The third kappa shape index (κ3) is 4.52. The van der Waals surface area contributed by atoms with Gasteiger partial charge < -0.3 is 5.32 Å². The van der Waals surface area contributed by atoms with Gasteiger partial charge in [0.05, 0.1) is 5.02 Å². The minimum Gasteiger partial charge on any atom is -0.352 e.